The number of anilines is 1. The summed E-state index contributed by atoms with van der Waals surface area (Å²) in [4.78, 5) is 21.4. The number of nitrogens with one attached hydrogen (secondary N) is 1. The van der Waals surface area contributed by atoms with Gasteiger partial charge in [0.05, 0.1) is 31.0 Å². The van der Waals surface area contributed by atoms with Crippen molar-refractivity contribution in [2.75, 3.05) is 44.6 Å². The van der Waals surface area contributed by atoms with Crippen molar-refractivity contribution in [3.05, 3.63) is 29.7 Å². The molecule has 0 bridgehead atoms. The monoisotopic (exact) mass is 501 g/mol. The van der Waals surface area contributed by atoms with E-state index in [0.717, 1.165) is 55.1 Å². The SMILES string of the molecule is CC(C)c1cnc2c(NC3CCN(C[C@@H]4CN(C(=O)OC(C)(C)C)CCO4)CC3)cc([C@@H](C)O)cn12. The van der Waals surface area contributed by atoms with E-state index in [9.17, 15) is 9.90 Å². The highest BCUT2D eigenvalue weighted by atomic mass is 16.6. The summed E-state index contributed by atoms with van der Waals surface area (Å²) < 4.78 is 13.6. The first-order valence-corrected chi connectivity index (χ1v) is 13.3. The van der Waals surface area contributed by atoms with Crippen LogP contribution < -0.4 is 5.32 Å². The van der Waals surface area contributed by atoms with Crippen LogP contribution in [0.5, 0.6) is 0 Å². The van der Waals surface area contributed by atoms with E-state index in [1.165, 1.54) is 0 Å². The summed E-state index contributed by atoms with van der Waals surface area (Å²) in [7, 11) is 0. The number of aliphatic hydroxyl groups is 1. The molecule has 2 aliphatic heterocycles. The molecule has 2 aliphatic rings. The van der Waals surface area contributed by atoms with Gasteiger partial charge in [0.15, 0.2) is 5.65 Å². The Bertz CT molecular complexity index is 1040. The van der Waals surface area contributed by atoms with Crippen LogP contribution in [0.4, 0.5) is 10.5 Å². The Morgan fingerprint density at radius 2 is 1.97 bits per heavy atom. The van der Waals surface area contributed by atoms with Crippen molar-refractivity contribution >= 4 is 17.4 Å². The highest BCUT2D eigenvalue weighted by Gasteiger charge is 2.30. The number of amides is 1. The molecule has 2 N–H and O–H groups in total. The van der Waals surface area contributed by atoms with Crippen LogP contribution in [-0.4, -0.2) is 87.5 Å². The summed E-state index contributed by atoms with van der Waals surface area (Å²) in [5, 5.41) is 14.0. The molecule has 0 aliphatic carbocycles. The Balaban J connectivity index is 1.34. The van der Waals surface area contributed by atoms with E-state index < -0.39 is 11.7 Å². The highest BCUT2D eigenvalue weighted by molar-refractivity contribution is 5.70. The maximum Gasteiger partial charge on any atom is 0.410 e. The Kier molecular flexibility index (Phi) is 8.12. The predicted octanol–water partition coefficient (Wildman–Crippen LogP) is 4.02. The molecule has 36 heavy (non-hydrogen) atoms. The fourth-order valence-electron chi connectivity index (χ4n) is 4.98. The number of hydrogen-bond acceptors (Lipinski definition) is 7. The van der Waals surface area contributed by atoms with E-state index >= 15 is 0 Å². The molecule has 2 aromatic rings. The molecule has 9 heteroatoms. The maximum atomic E-state index is 12.5. The Hall–Kier alpha value is -2.36. The molecular formula is C27H43N5O4. The number of carbonyl (C=O) groups excluding carboxylic acids is 1. The molecule has 1 amide bonds. The molecule has 0 spiro atoms. The van der Waals surface area contributed by atoms with Gasteiger partial charge in [0, 0.05) is 50.3 Å². The third-order valence-corrected chi connectivity index (χ3v) is 6.93. The minimum atomic E-state index is -0.546. The van der Waals surface area contributed by atoms with Gasteiger partial charge in [0.2, 0.25) is 0 Å². The molecule has 200 valence electrons. The van der Waals surface area contributed by atoms with Crippen molar-refractivity contribution in [2.24, 2.45) is 0 Å². The smallest absolute Gasteiger partial charge is 0.410 e. The number of nitrogens with zero attached hydrogens (tertiary/aromatic N) is 4. The van der Waals surface area contributed by atoms with E-state index in [1.807, 2.05) is 39.2 Å². The standard InChI is InChI=1S/C27H43N5O4/c1-18(2)24-14-28-25-23(13-20(19(3)33)15-32(24)25)29-21-7-9-30(10-8-21)16-22-17-31(11-12-35-22)26(34)36-27(4,5)6/h13-15,18-19,21-22,29,33H,7-12,16-17H2,1-6H3/t19-,22-/m1/s1. The first-order valence-electron chi connectivity index (χ1n) is 13.3. The predicted molar refractivity (Wildman–Crippen MR) is 141 cm³/mol. The van der Waals surface area contributed by atoms with Crippen LogP contribution in [0.2, 0.25) is 0 Å². The number of likely N-dealkylation sites (tertiary alicyclic amines) is 1. The molecule has 0 radical (unpaired) electrons. The van der Waals surface area contributed by atoms with E-state index in [-0.39, 0.29) is 12.2 Å². The second-order valence-corrected chi connectivity index (χ2v) is 11.5. The minimum Gasteiger partial charge on any atom is -0.444 e. The average Bonchev–Trinajstić information content (AvgIpc) is 3.24. The zero-order valence-electron chi connectivity index (χ0n) is 22.7. The number of fused-ring (bicyclic) bond motifs is 1. The number of carbonyl (C=O) groups is 1. The number of piperidine rings is 1. The molecule has 2 fully saturated rings. The fourth-order valence-corrected chi connectivity index (χ4v) is 4.98. The Morgan fingerprint density at radius 1 is 1.25 bits per heavy atom. The van der Waals surface area contributed by atoms with Crippen molar-refractivity contribution in [1.29, 1.82) is 0 Å². The van der Waals surface area contributed by atoms with Gasteiger partial charge in [-0.2, -0.15) is 0 Å². The van der Waals surface area contributed by atoms with Crippen molar-refractivity contribution in [3.63, 3.8) is 0 Å². The number of aromatic nitrogens is 2. The quantitative estimate of drug-likeness (QED) is 0.618. The van der Waals surface area contributed by atoms with Gasteiger partial charge in [-0.15, -0.1) is 0 Å². The van der Waals surface area contributed by atoms with Crippen LogP contribution in [0.15, 0.2) is 18.5 Å². The Morgan fingerprint density at radius 3 is 2.61 bits per heavy atom. The van der Waals surface area contributed by atoms with Crippen molar-refractivity contribution in [2.45, 2.75) is 84.2 Å². The first-order chi connectivity index (χ1) is 17.0. The number of morpholine rings is 1. The van der Waals surface area contributed by atoms with E-state index in [0.29, 0.717) is 31.7 Å². The van der Waals surface area contributed by atoms with Gasteiger partial charge in [-0.05, 0) is 58.1 Å². The van der Waals surface area contributed by atoms with Crippen LogP contribution in [0.3, 0.4) is 0 Å². The molecule has 0 aromatic carbocycles. The number of imidazole rings is 1. The summed E-state index contributed by atoms with van der Waals surface area (Å²) in [6.07, 6.45) is 5.14. The number of ether oxygens (including phenoxy) is 2. The van der Waals surface area contributed by atoms with E-state index in [4.69, 9.17) is 14.5 Å². The molecule has 2 saturated heterocycles. The number of aliphatic hydroxyl groups excluding tert-OH is 1. The van der Waals surface area contributed by atoms with Crippen LogP contribution in [0.25, 0.3) is 5.65 Å². The van der Waals surface area contributed by atoms with Crippen LogP contribution in [-0.2, 0) is 9.47 Å². The molecule has 0 unspecified atom stereocenters. The number of rotatable bonds is 6. The average molecular weight is 502 g/mol. The minimum absolute atomic E-state index is 0.00232. The molecule has 2 atom stereocenters. The van der Waals surface area contributed by atoms with Gasteiger partial charge in [-0.25, -0.2) is 9.78 Å². The lowest BCUT2D eigenvalue weighted by Gasteiger charge is -2.38. The van der Waals surface area contributed by atoms with Crippen molar-refractivity contribution in [3.8, 4) is 0 Å². The van der Waals surface area contributed by atoms with Gasteiger partial charge in [-0.1, -0.05) is 13.8 Å². The van der Waals surface area contributed by atoms with Crippen molar-refractivity contribution in [1.82, 2.24) is 19.2 Å². The zero-order chi connectivity index (χ0) is 26.0. The maximum absolute atomic E-state index is 12.5. The lowest BCUT2D eigenvalue weighted by molar-refractivity contribution is -0.0538. The fraction of sp³-hybridized carbons (Fsp3) is 0.704. The topological polar surface area (TPSA) is 91.6 Å². The molecule has 2 aromatic heterocycles. The lowest BCUT2D eigenvalue weighted by Crippen LogP contribution is -2.52. The van der Waals surface area contributed by atoms with Crippen LogP contribution >= 0.6 is 0 Å². The van der Waals surface area contributed by atoms with Crippen molar-refractivity contribution < 1.29 is 19.4 Å². The molecule has 4 heterocycles. The zero-order valence-corrected chi connectivity index (χ0v) is 22.7. The highest BCUT2D eigenvalue weighted by Crippen LogP contribution is 2.28. The van der Waals surface area contributed by atoms with E-state index in [2.05, 4.69) is 28.5 Å². The van der Waals surface area contributed by atoms with Gasteiger partial charge in [0.1, 0.15) is 5.60 Å². The van der Waals surface area contributed by atoms with E-state index in [1.54, 1.807) is 11.8 Å². The normalized spacial score (nSPS) is 21.2. The van der Waals surface area contributed by atoms with Crippen LogP contribution in [0, 0.1) is 0 Å². The molecular weight excluding hydrogens is 458 g/mol. The van der Waals surface area contributed by atoms with Gasteiger partial charge >= 0.3 is 6.09 Å². The van der Waals surface area contributed by atoms with Crippen LogP contribution in [0.1, 0.15) is 77.7 Å². The largest absolute Gasteiger partial charge is 0.444 e. The number of hydrogen-bond donors (Lipinski definition) is 2. The summed E-state index contributed by atoms with van der Waals surface area (Å²) in [6, 6.07) is 2.36. The molecule has 9 nitrogen and oxygen atoms in total. The summed E-state index contributed by atoms with van der Waals surface area (Å²) in [5.74, 6) is 0.341. The summed E-state index contributed by atoms with van der Waals surface area (Å²) in [6.45, 7) is 16.2. The molecule has 4 rings (SSSR count). The second-order valence-electron chi connectivity index (χ2n) is 11.5. The third-order valence-electron chi connectivity index (χ3n) is 6.93. The summed E-state index contributed by atoms with van der Waals surface area (Å²) in [5.41, 5.74) is 3.41. The first kappa shape index (κ1) is 26.7. The second kappa shape index (κ2) is 10.9. The van der Waals surface area contributed by atoms with Gasteiger partial charge < -0.3 is 34.1 Å². The lowest BCUT2D eigenvalue weighted by atomic mass is 10.0. The third kappa shape index (κ3) is 6.49. The van der Waals surface area contributed by atoms with Gasteiger partial charge in [0.25, 0.3) is 0 Å². The molecule has 0 saturated carbocycles. The Labute approximate surface area is 214 Å². The van der Waals surface area contributed by atoms with Gasteiger partial charge in [-0.3, -0.25) is 0 Å². The summed E-state index contributed by atoms with van der Waals surface area (Å²) >= 11 is 0. The number of pyridine rings is 1.